The number of benzene rings is 1. The SMILES string of the molecule is CCCCCCCCCCCC(C)(C)[SiH2]c1ccc(Br)cc1. The summed E-state index contributed by atoms with van der Waals surface area (Å²) in [6.45, 7) is 7.25. The van der Waals surface area contributed by atoms with E-state index >= 15 is 0 Å². The average molecular weight is 383 g/mol. The Morgan fingerprint density at radius 2 is 1.32 bits per heavy atom. The molecule has 0 aromatic heterocycles. The van der Waals surface area contributed by atoms with Gasteiger partial charge in [0.05, 0.1) is 9.52 Å². The van der Waals surface area contributed by atoms with Gasteiger partial charge in [0.1, 0.15) is 0 Å². The molecule has 0 amide bonds. The number of unbranched alkanes of at least 4 members (excludes halogenated alkanes) is 8. The Kier molecular flexibility index (Phi) is 10.4. The Morgan fingerprint density at radius 1 is 0.818 bits per heavy atom. The maximum atomic E-state index is 3.53. The molecule has 0 radical (unpaired) electrons. The lowest BCUT2D eigenvalue weighted by molar-refractivity contribution is 0.517. The highest BCUT2D eigenvalue weighted by Crippen LogP contribution is 2.30. The van der Waals surface area contributed by atoms with Crippen molar-refractivity contribution in [1.29, 1.82) is 0 Å². The summed E-state index contributed by atoms with van der Waals surface area (Å²) in [5.74, 6) is 0. The highest BCUT2D eigenvalue weighted by atomic mass is 79.9. The number of rotatable bonds is 12. The minimum Gasteiger partial charge on any atom is -0.0663 e. The largest absolute Gasteiger partial charge is 0.0663 e. The van der Waals surface area contributed by atoms with E-state index < -0.39 is 0 Å². The van der Waals surface area contributed by atoms with Gasteiger partial charge in [-0.25, -0.2) is 0 Å². The van der Waals surface area contributed by atoms with Crippen molar-refractivity contribution in [2.45, 2.75) is 90.0 Å². The fourth-order valence-corrected chi connectivity index (χ4v) is 5.43. The maximum absolute atomic E-state index is 3.53. The molecule has 1 aromatic carbocycles. The van der Waals surface area contributed by atoms with Crippen LogP contribution in [0.4, 0.5) is 0 Å². The molecule has 0 nitrogen and oxygen atoms in total. The molecular formula is C20H35BrSi. The van der Waals surface area contributed by atoms with E-state index in [4.69, 9.17) is 0 Å². The summed E-state index contributed by atoms with van der Waals surface area (Å²) in [4.78, 5) is 0. The lowest BCUT2D eigenvalue weighted by Gasteiger charge is -2.24. The van der Waals surface area contributed by atoms with E-state index in [9.17, 15) is 0 Å². The highest BCUT2D eigenvalue weighted by molar-refractivity contribution is 9.10. The van der Waals surface area contributed by atoms with Gasteiger partial charge in [0.15, 0.2) is 0 Å². The average Bonchev–Trinajstić information content (AvgIpc) is 2.48. The van der Waals surface area contributed by atoms with Gasteiger partial charge < -0.3 is 0 Å². The predicted octanol–water partition coefficient (Wildman–Crippen LogP) is 6.36. The second-order valence-electron chi connectivity index (χ2n) is 7.55. The molecule has 0 bridgehead atoms. The molecule has 22 heavy (non-hydrogen) atoms. The summed E-state index contributed by atoms with van der Waals surface area (Å²) in [5.41, 5.74) is 0. The third-order valence-electron chi connectivity index (χ3n) is 4.55. The quantitative estimate of drug-likeness (QED) is 0.291. The molecule has 0 aliphatic rings. The van der Waals surface area contributed by atoms with Crippen molar-refractivity contribution in [2.24, 2.45) is 0 Å². The second-order valence-corrected chi connectivity index (χ2v) is 11.5. The van der Waals surface area contributed by atoms with E-state index in [2.05, 4.69) is 61.0 Å². The fourth-order valence-electron chi connectivity index (χ4n) is 3.16. The van der Waals surface area contributed by atoms with Crippen molar-refractivity contribution in [3.05, 3.63) is 28.7 Å². The van der Waals surface area contributed by atoms with Gasteiger partial charge in [-0.1, -0.05) is 118 Å². The lowest BCUT2D eigenvalue weighted by Crippen LogP contribution is -2.25. The van der Waals surface area contributed by atoms with Crippen molar-refractivity contribution in [1.82, 2.24) is 0 Å². The topological polar surface area (TPSA) is 0 Å². The van der Waals surface area contributed by atoms with E-state index in [-0.39, 0.29) is 9.52 Å². The van der Waals surface area contributed by atoms with Gasteiger partial charge in [-0.3, -0.25) is 0 Å². The van der Waals surface area contributed by atoms with Gasteiger partial charge in [-0.2, -0.15) is 0 Å². The van der Waals surface area contributed by atoms with Gasteiger partial charge >= 0.3 is 0 Å². The molecule has 126 valence electrons. The minimum absolute atomic E-state index is 0.174. The van der Waals surface area contributed by atoms with E-state index in [0.717, 1.165) is 0 Å². The zero-order valence-corrected chi connectivity index (χ0v) is 18.0. The van der Waals surface area contributed by atoms with Crippen LogP contribution in [0.15, 0.2) is 28.7 Å². The molecule has 0 aliphatic heterocycles. The van der Waals surface area contributed by atoms with Crippen LogP contribution >= 0.6 is 15.9 Å². The Bertz CT molecular complexity index is 383. The maximum Gasteiger partial charge on any atom is 0.0603 e. The van der Waals surface area contributed by atoms with Crippen molar-refractivity contribution >= 4 is 30.6 Å². The van der Waals surface area contributed by atoms with Crippen LogP contribution in [0.2, 0.25) is 5.04 Å². The molecule has 0 heterocycles. The van der Waals surface area contributed by atoms with E-state index in [1.807, 2.05) is 0 Å². The molecule has 0 aliphatic carbocycles. The third kappa shape index (κ3) is 9.84. The molecular weight excluding hydrogens is 348 g/mol. The van der Waals surface area contributed by atoms with Gasteiger partial charge in [0.2, 0.25) is 0 Å². The predicted molar refractivity (Wildman–Crippen MR) is 108 cm³/mol. The van der Waals surface area contributed by atoms with Crippen LogP contribution in [0.5, 0.6) is 0 Å². The normalized spacial score (nSPS) is 12.4. The first-order chi connectivity index (χ1) is 10.5. The zero-order chi connectivity index (χ0) is 16.3. The summed E-state index contributed by atoms with van der Waals surface area (Å²) >= 11 is 3.53. The minimum atomic E-state index is -0.174. The van der Waals surface area contributed by atoms with Crippen LogP contribution in [0.3, 0.4) is 0 Å². The van der Waals surface area contributed by atoms with Crippen LogP contribution in [-0.2, 0) is 0 Å². The van der Waals surface area contributed by atoms with E-state index in [1.165, 1.54) is 68.7 Å². The molecule has 1 rings (SSSR count). The number of halogens is 1. The van der Waals surface area contributed by atoms with E-state index in [1.54, 1.807) is 5.19 Å². The van der Waals surface area contributed by atoms with Crippen molar-refractivity contribution < 1.29 is 0 Å². The fraction of sp³-hybridized carbons (Fsp3) is 0.700. The van der Waals surface area contributed by atoms with Crippen LogP contribution in [-0.4, -0.2) is 9.52 Å². The third-order valence-corrected chi connectivity index (χ3v) is 7.27. The van der Waals surface area contributed by atoms with Crippen molar-refractivity contribution in [2.75, 3.05) is 0 Å². The Hall–Kier alpha value is -0.0831. The Labute approximate surface area is 149 Å². The van der Waals surface area contributed by atoms with Gasteiger partial charge in [0, 0.05) is 4.47 Å². The second kappa shape index (κ2) is 11.5. The smallest absolute Gasteiger partial charge is 0.0603 e. The first-order valence-electron chi connectivity index (χ1n) is 9.28. The molecule has 0 spiro atoms. The molecule has 0 N–H and O–H groups in total. The molecule has 1 aromatic rings. The lowest BCUT2D eigenvalue weighted by atomic mass is 10.0. The number of hydrogen-bond acceptors (Lipinski definition) is 0. The van der Waals surface area contributed by atoms with Crippen molar-refractivity contribution in [3.8, 4) is 0 Å². The summed E-state index contributed by atoms with van der Waals surface area (Å²) in [6, 6.07) is 9.01. The molecule has 0 unspecified atom stereocenters. The highest BCUT2D eigenvalue weighted by Gasteiger charge is 2.18. The summed E-state index contributed by atoms with van der Waals surface area (Å²) in [6.07, 6.45) is 14.3. The molecule has 2 heteroatoms. The first kappa shape index (κ1) is 20.0. The zero-order valence-electron chi connectivity index (χ0n) is 15.0. The monoisotopic (exact) mass is 382 g/mol. The number of hydrogen-bond donors (Lipinski definition) is 0. The van der Waals surface area contributed by atoms with Crippen LogP contribution in [0.1, 0.15) is 85.0 Å². The molecule has 0 fully saturated rings. The van der Waals surface area contributed by atoms with Crippen LogP contribution in [0, 0.1) is 0 Å². The molecule has 0 saturated carbocycles. The summed E-state index contributed by atoms with van der Waals surface area (Å²) < 4.78 is 1.20. The standard InChI is InChI=1S/C20H35BrSi/c1-4-5-6-7-8-9-10-11-12-17-20(2,3)22-19-15-13-18(21)14-16-19/h13-16H,4-12,17,22H2,1-3H3. The van der Waals surface area contributed by atoms with Crippen LogP contribution in [0.25, 0.3) is 0 Å². The van der Waals surface area contributed by atoms with Gasteiger partial charge in [0.25, 0.3) is 0 Å². The Balaban J connectivity index is 2.08. The summed E-state index contributed by atoms with van der Waals surface area (Å²) in [5, 5.41) is 2.17. The molecule has 0 atom stereocenters. The molecule has 0 saturated heterocycles. The van der Waals surface area contributed by atoms with Crippen molar-refractivity contribution in [3.63, 3.8) is 0 Å². The van der Waals surface area contributed by atoms with Gasteiger partial charge in [-0.05, 0) is 17.2 Å². The Morgan fingerprint density at radius 3 is 1.86 bits per heavy atom. The van der Waals surface area contributed by atoms with Crippen LogP contribution < -0.4 is 5.19 Å². The summed E-state index contributed by atoms with van der Waals surface area (Å²) in [7, 11) is -0.174. The van der Waals surface area contributed by atoms with Gasteiger partial charge in [-0.15, -0.1) is 0 Å². The first-order valence-corrected chi connectivity index (χ1v) is 11.5. The van der Waals surface area contributed by atoms with E-state index in [0.29, 0.717) is 5.04 Å².